The van der Waals surface area contributed by atoms with Gasteiger partial charge in [-0.1, -0.05) is 6.08 Å². The third-order valence-corrected chi connectivity index (χ3v) is 1.86. The molecule has 60 valence electrons. The molecule has 0 aliphatic rings. The lowest BCUT2D eigenvalue weighted by atomic mass is 10.1. The van der Waals surface area contributed by atoms with Gasteiger partial charge in [-0.05, 0) is 13.8 Å². The van der Waals surface area contributed by atoms with Gasteiger partial charge < -0.3 is 0 Å². The quantitative estimate of drug-likeness (QED) is 0.616. The third-order valence-electron chi connectivity index (χ3n) is 0.959. The number of rotatable bonds is 3. The third kappa shape index (κ3) is 4.52. The Kier molecular flexibility index (Phi) is 2.62. The first-order valence-electron chi connectivity index (χ1n) is 2.89. The summed E-state index contributed by atoms with van der Waals surface area (Å²) in [6.07, 6.45) is 2.67. The van der Waals surface area contributed by atoms with Crippen molar-refractivity contribution in [3.05, 3.63) is 12.7 Å². The van der Waals surface area contributed by atoms with Crippen molar-refractivity contribution >= 4 is 10.0 Å². The van der Waals surface area contributed by atoms with E-state index in [0.717, 1.165) is 6.26 Å². The van der Waals surface area contributed by atoms with Crippen molar-refractivity contribution in [3.63, 3.8) is 0 Å². The molecule has 0 saturated heterocycles. The van der Waals surface area contributed by atoms with Gasteiger partial charge in [-0.2, -0.15) is 0 Å². The van der Waals surface area contributed by atoms with Gasteiger partial charge in [0.05, 0.1) is 6.26 Å². The average Bonchev–Trinajstić information content (AvgIpc) is 1.60. The number of hydrogen-bond acceptors (Lipinski definition) is 2. The van der Waals surface area contributed by atoms with Crippen LogP contribution in [0.15, 0.2) is 12.7 Å². The second kappa shape index (κ2) is 2.72. The van der Waals surface area contributed by atoms with Gasteiger partial charge in [-0.25, -0.2) is 13.1 Å². The van der Waals surface area contributed by atoms with E-state index in [1.54, 1.807) is 19.9 Å². The highest BCUT2D eigenvalue weighted by Crippen LogP contribution is 2.03. The van der Waals surface area contributed by atoms with E-state index in [9.17, 15) is 8.42 Å². The minimum absolute atomic E-state index is 0.548. The van der Waals surface area contributed by atoms with E-state index in [4.69, 9.17) is 0 Å². The minimum Gasteiger partial charge on any atom is -0.213 e. The number of sulfonamides is 1. The average molecular weight is 163 g/mol. The van der Waals surface area contributed by atoms with Crippen molar-refractivity contribution in [3.8, 4) is 0 Å². The number of hydrogen-bond donors (Lipinski definition) is 1. The van der Waals surface area contributed by atoms with Crippen LogP contribution >= 0.6 is 0 Å². The number of nitrogens with one attached hydrogen (secondary N) is 1. The monoisotopic (exact) mass is 163 g/mol. The largest absolute Gasteiger partial charge is 0.213 e. The molecule has 0 radical (unpaired) electrons. The first-order chi connectivity index (χ1) is 4.27. The summed E-state index contributed by atoms with van der Waals surface area (Å²) in [6, 6.07) is 0. The highest BCUT2D eigenvalue weighted by atomic mass is 32.2. The molecule has 0 bridgehead atoms. The van der Waals surface area contributed by atoms with Crippen molar-refractivity contribution < 1.29 is 8.42 Å². The maximum Gasteiger partial charge on any atom is 0.209 e. The van der Waals surface area contributed by atoms with Crippen LogP contribution in [0.2, 0.25) is 0 Å². The molecular weight excluding hydrogens is 150 g/mol. The van der Waals surface area contributed by atoms with Crippen molar-refractivity contribution in [1.82, 2.24) is 4.72 Å². The Labute approximate surface area is 62.2 Å². The van der Waals surface area contributed by atoms with E-state index in [1.165, 1.54) is 0 Å². The van der Waals surface area contributed by atoms with E-state index >= 15 is 0 Å². The SMILES string of the molecule is C=CC(C)(C)NS(C)(=O)=O. The molecule has 10 heavy (non-hydrogen) atoms. The van der Waals surface area contributed by atoms with Crippen LogP contribution < -0.4 is 4.72 Å². The molecule has 0 atom stereocenters. The van der Waals surface area contributed by atoms with Gasteiger partial charge in [0, 0.05) is 5.54 Å². The van der Waals surface area contributed by atoms with Gasteiger partial charge in [0.2, 0.25) is 10.0 Å². The highest BCUT2D eigenvalue weighted by molar-refractivity contribution is 7.88. The molecule has 0 heterocycles. The molecular formula is C6H13NO2S. The Balaban J connectivity index is 4.30. The summed E-state index contributed by atoms with van der Waals surface area (Å²) in [4.78, 5) is 0. The zero-order valence-corrected chi connectivity index (χ0v) is 7.33. The van der Waals surface area contributed by atoms with Gasteiger partial charge in [0.1, 0.15) is 0 Å². The van der Waals surface area contributed by atoms with Crippen molar-refractivity contribution in [2.45, 2.75) is 19.4 Å². The van der Waals surface area contributed by atoms with E-state index in [1.807, 2.05) is 0 Å². The maximum atomic E-state index is 10.6. The van der Waals surface area contributed by atoms with Crippen LogP contribution in [0, 0.1) is 0 Å². The van der Waals surface area contributed by atoms with Crippen molar-refractivity contribution in [2.75, 3.05) is 6.26 Å². The first-order valence-corrected chi connectivity index (χ1v) is 4.78. The molecule has 0 aromatic carbocycles. The van der Waals surface area contributed by atoms with Crippen LogP contribution in [0.1, 0.15) is 13.8 Å². The van der Waals surface area contributed by atoms with E-state index < -0.39 is 15.6 Å². The molecule has 0 spiro atoms. The summed E-state index contributed by atoms with van der Waals surface area (Å²) in [5.74, 6) is 0. The van der Waals surface area contributed by atoms with E-state index in [0.29, 0.717) is 0 Å². The summed E-state index contributed by atoms with van der Waals surface area (Å²) in [5, 5.41) is 0. The van der Waals surface area contributed by atoms with Gasteiger partial charge in [0.25, 0.3) is 0 Å². The lowest BCUT2D eigenvalue weighted by Gasteiger charge is -2.19. The molecule has 0 aromatic rings. The standard InChI is InChI=1S/C6H13NO2S/c1-5-6(2,3)7-10(4,8)9/h5,7H,1H2,2-4H3. The summed E-state index contributed by atoms with van der Waals surface area (Å²) < 4.78 is 23.7. The van der Waals surface area contributed by atoms with Gasteiger partial charge >= 0.3 is 0 Å². The Morgan fingerprint density at radius 3 is 2.00 bits per heavy atom. The molecule has 4 heteroatoms. The molecule has 3 nitrogen and oxygen atoms in total. The molecule has 0 aromatic heterocycles. The lowest BCUT2D eigenvalue weighted by molar-refractivity contribution is 0.535. The lowest BCUT2D eigenvalue weighted by Crippen LogP contribution is -2.40. The summed E-state index contributed by atoms with van der Waals surface area (Å²) >= 11 is 0. The fourth-order valence-electron chi connectivity index (χ4n) is 0.519. The molecule has 0 rings (SSSR count). The fourth-order valence-corrected chi connectivity index (χ4v) is 1.56. The predicted molar refractivity (Wildman–Crippen MR) is 42.3 cm³/mol. The Bertz CT molecular complexity index is 216. The normalized spacial score (nSPS) is 13.1. The first kappa shape index (κ1) is 9.65. The smallest absolute Gasteiger partial charge is 0.209 e. The fraction of sp³-hybridized carbons (Fsp3) is 0.667. The van der Waals surface area contributed by atoms with Crippen LogP contribution in [-0.4, -0.2) is 20.2 Å². The topological polar surface area (TPSA) is 46.2 Å². The molecule has 0 aliphatic carbocycles. The molecule has 0 fully saturated rings. The van der Waals surface area contributed by atoms with Crippen molar-refractivity contribution in [1.29, 1.82) is 0 Å². The Morgan fingerprint density at radius 2 is 1.90 bits per heavy atom. The second-order valence-electron chi connectivity index (χ2n) is 2.80. The Hall–Kier alpha value is -0.350. The van der Waals surface area contributed by atoms with Crippen LogP contribution in [0.4, 0.5) is 0 Å². The highest BCUT2D eigenvalue weighted by Gasteiger charge is 2.16. The zero-order chi connectivity index (χ0) is 8.41. The zero-order valence-electron chi connectivity index (χ0n) is 6.51. The molecule has 0 aliphatic heterocycles. The molecule has 1 N–H and O–H groups in total. The minimum atomic E-state index is -3.12. The molecule has 0 unspecified atom stereocenters. The molecule has 0 saturated carbocycles. The van der Waals surface area contributed by atoms with E-state index in [2.05, 4.69) is 11.3 Å². The van der Waals surface area contributed by atoms with E-state index in [-0.39, 0.29) is 0 Å². The van der Waals surface area contributed by atoms with Crippen LogP contribution in [0.3, 0.4) is 0 Å². The van der Waals surface area contributed by atoms with Gasteiger partial charge in [-0.3, -0.25) is 0 Å². The summed E-state index contributed by atoms with van der Waals surface area (Å²) in [6.45, 7) is 6.96. The van der Waals surface area contributed by atoms with Gasteiger partial charge in [0.15, 0.2) is 0 Å². The summed E-state index contributed by atoms with van der Waals surface area (Å²) in [7, 11) is -3.12. The summed E-state index contributed by atoms with van der Waals surface area (Å²) in [5.41, 5.74) is -0.548. The van der Waals surface area contributed by atoms with Crippen LogP contribution in [0.5, 0.6) is 0 Å². The van der Waals surface area contributed by atoms with Gasteiger partial charge in [-0.15, -0.1) is 6.58 Å². The Morgan fingerprint density at radius 1 is 1.50 bits per heavy atom. The van der Waals surface area contributed by atoms with Crippen molar-refractivity contribution in [2.24, 2.45) is 0 Å². The van der Waals surface area contributed by atoms with Crippen LogP contribution in [-0.2, 0) is 10.0 Å². The second-order valence-corrected chi connectivity index (χ2v) is 4.55. The van der Waals surface area contributed by atoms with Crippen LogP contribution in [0.25, 0.3) is 0 Å². The maximum absolute atomic E-state index is 10.6. The predicted octanol–water partition coefficient (Wildman–Crippen LogP) is 0.500. The molecule has 0 amide bonds.